The Morgan fingerprint density at radius 1 is 0.696 bits per heavy atom. The average molecular weight is 621 g/mol. The molecule has 1 heterocycles. The van der Waals surface area contributed by atoms with Gasteiger partial charge >= 0.3 is 6.03 Å². The quantitative estimate of drug-likeness (QED) is 0.192. The fourth-order valence-corrected chi connectivity index (χ4v) is 6.12. The van der Waals surface area contributed by atoms with Gasteiger partial charge in [-0.25, -0.2) is 4.79 Å². The van der Waals surface area contributed by atoms with E-state index in [9.17, 15) is 19.8 Å². The summed E-state index contributed by atoms with van der Waals surface area (Å²) in [5.41, 5.74) is 10.2. The molecule has 5 rings (SSSR count). The normalized spacial score (nSPS) is 20.3. The summed E-state index contributed by atoms with van der Waals surface area (Å²) in [4.78, 5) is 31.2. The van der Waals surface area contributed by atoms with E-state index in [0.29, 0.717) is 24.1 Å². The SMILES string of the molecule is CC(C)(C)NC(=O)c1cccc(CN2C(=O)N(Cc3cccc(N)c3)[C@H](Cc3ccccc3)[C@H](O)[C@@H](O)[C@H]2Cc2ccccc2)c1. The molecule has 0 radical (unpaired) electrons. The van der Waals surface area contributed by atoms with Crippen LogP contribution in [-0.2, 0) is 25.9 Å². The van der Waals surface area contributed by atoms with Gasteiger partial charge in [0.15, 0.2) is 0 Å². The number of nitrogens with zero attached hydrogens (tertiary/aromatic N) is 2. The third kappa shape index (κ3) is 8.13. The predicted octanol–water partition coefficient (Wildman–Crippen LogP) is 5.18. The molecule has 46 heavy (non-hydrogen) atoms. The molecule has 240 valence electrons. The lowest BCUT2D eigenvalue weighted by molar-refractivity contribution is -0.0408. The van der Waals surface area contributed by atoms with Crippen LogP contribution in [0, 0.1) is 0 Å². The molecule has 5 N–H and O–H groups in total. The number of aliphatic hydroxyl groups excluding tert-OH is 2. The monoisotopic (exact) mass is 620 g/mol. The molecule has 8 nitrogen and oxygen atoms in total. The van der Waals surface area contributed by atoms with Gasteiger partial charge in [-0.2, -0.15) is 0 Å². The molecule has 0 aliphatic carbocycles. The number of nitrogens with one attached hydrogen (secondary N) is 1. The first kappa shape index (κ1) is 32.7. The van der Waals surface area contributed by atoms with Gasteiger partial charge in [0.05, 0.1) is 12.1 Å². The van der Waals surface area contributed by atoms with Crippen LogP contribution in [0.25, 0.3) is 0 Å². The molecule has 3 amide bonds. The number of hydrogen-bond donors (Lipinski definition) is 4. The number of aliphatic hydroxyl groups is 2. The van der Waals surface area contributed by atoms with Crippen molar-refractivity contribution < 1.29 is 19.8 Å². The molecule has 4 aromatic carbocycles. The largest absolute Gasteiger partial charge is 0.399 e. The second-order valence-electron chi connectivity index (χ2n) is 13.2. The Bertz CT molecular complexity index is 1620. The summed E-state index contributed by atoms with van der Waals surface area (Å²) in [6.07, 6.45) is -1.82. The number of carbonyl (C=O) groups excluding carboxylic acids is 2. The van der Waals surface area contributed by atoms with Gasteiger partial charge in [-0.1, -0.05) is 84.9 Å². The van der Waals surface area contributed by atoms with Crippen LogP contribution in [0.3, 0.4) is 0 Å². The van der Waals surface area contributed by atoms with Gasteiger partial charge < -0.3 is 31.1 Å². The molecule has 0 saturated carbocycles. The molecule has 1 saturated heterocycles. The van der Waals surface area contributed by atoms with Crippen LogP contribution in [0.2, 0.25) is 0 Å². The summed E-state index contributed by atoms with van der Waals surface area (Å²) in [5.74, 6) is -0.209. The number of carbonyl (C=O) groups is 2. The van der Waals surface area contributed by atoms with Gasteiger partial charge in [-0.15, -0.1) is 0 Å². The fraction of sp³-hybridized carbons (Fsp3) is 0.316. The minimum Gasteiger partial charge on any atom is -0.399 e. The van der Waals surface area contributed by atoms with Crippen LogP contribution in [0.5, 0.6) is 0 Å². The van der Waals surface area contributed by atoms with Crippen LogP contribution in [0.15, 0.2) is 109 Å². The zero-order valence-electron chi connectivity index (χ0n) is 26.7. The predicted molar refractivity (Wildman–Crippen MR) is 181 cm³/mol. The van der Waals surface area contributed by atoms with Crippen molar-refractivity contribution in [3.05, 3.63) is 137 Å². The molecule has 4 aromatic rings. The lowest BCUT2D eigenvalue weighted by Crippen LogP contribution is -2.50. The van der Waals surface area contributed by atoms with Crippen molar-refractivity contribution in [3.8, 4) is 0 Å². The Labute approximate surface area is 271 Å². The van der Waals surface area contributed by atoms with E-state index in [4.69, 9.17) is 5.73 Å². The molecule has 4 atom stereocenters. The summed E-state index contributed by atoms with van der Waals surface area (Å²) >= 11 is 0. The highest BCUT2D eigenvalue weighted by molar-refractivity contribution is 5.94. The van der Waals surface area contributed by atoms with Gasteiger partial charge in [0.2, 0.25) is 0 Å². The Hall–Kier alpha value is -4.66. The number of amides is 3. The first-order chi connectivity index (χ1) is 22.0. The minimum atomic E-state index is -1.25. The first-order valence-corrected chi connectivity index (χ1v) is 15.8. The zero-order valence-corrected chi connectivity index (χ0v) is 26.7. The molecule has 1 aliphatic heterocycles. The van der Waals surface area contributed by atoms with E-state index in [1.165, 1.54) is 0 Å². The van der Waals surface area contributed by atoms with Crippen LogP contribution >= 0.6 is 0 Å². The van der Waals surface area contributed by atoms with Crippen LogP contribution in [0.4, 0.5) is 10.5 Å². The Morgan fingerprint density at radius 2 is 1.15 bits per heavy atom. The number of benzene rings is 4. The van der Waals surface area contributed by atoms with E-state index in [-0.39, 0.29) is 25.0 Å². The van der Waals surface area contributed by atoms with Crippen LogP contribution in [0.1, 0.15) is 53.4 Å². The van der Waals surface area contributed by atoms with E-state index in [1.54, 1.807) is 34.1 Å². The summed E-state index contributed by atoms with van der Waals surface area (Å²) in [6, 6.07) is 32.1. The first-order valence-electron chi connectivity index (χ1n) is 15.8. The van der Waals surface area contributed by atoms with Crippen molar-refractivity contribution in [2.24, 2.45) is 0 Å². The van der Waals surface area contributed by atoms with Crippen molar-refractivity contribution in [2.45, 2.75) is 76.5 Å². The van der Waals surface area contributed by atoms with Crippen molar-refractivity contribution in [1.82, 2.24) is 15.1 Å². The summed E-state index contributed by atoms with van der Waals surface area (Å²) in [6.45, 7) is 6.08. The zero-order chi connectivity index (χ0) is 32.8. The highest BCUT2D eigenvalue weighted by Gasteiger charge is 2.46. The molecule has 0 spiro atoms. The third-order valence-corrected chi connectivity index (χ3v) is 8.34. The highest BCUT2D eigenvalue weighted by atomic mass is 16.3. The summed E-state index contributed by atoms with van der Waals surface area (Å²) in [7, 11) is 0. The lowest BCUT2D eigenvalue weighted by atomic mass is 9.91. The van der Waals surface area contributed by atoms with Crippen molar-refractivity contribution in [3.63, 3.8) is 0 Å². The minimum absolute atomic E-state index is 0.127. The second kappa shape index (κ2) is 14.2. The van der Waals surface area contributed by atoms with Gasteiger partial charge in [-0.3, -0.25) is 4.79 Å². The standard InChI is InChI=1S/C38H44N4O4/c1-38(2,3)40-36(45)30-18-10-16-28(20-30)24-41-32(22-26-12-6-4-7-13-26)34(43)35(44)33(23-27-14-8-5-9-15-27)42(37(41)46)25-29-17-11-19-31(39)21-29/h4-21,32-35,43-44H,22-25,39H2,1-3H3,(H,40,45)/t32-,33-,34+,35+/m1/s1. The molecule has 8 heteroatoms. The van der Waals surface area contributed by atoms with Gasteiger partial charge in [0, 0.05) is 29.9 Å². The van der Waals surface area contributed by atoms with Crippen molar-refractivity contribution in [2.75, 3.05) is 5.73 Å². The van der Waals surface area contributed by atoms with Crippen LogP contribution in [-0.4, -0.2) is 61.8 Å². The Kier molecular flexibility index (Phi) is 10.1. The number of anilines is 1. The maximum atomic E-state index is 14.9. The van der Waals surface area contributed by atoms with E-state index in [0.717, 1.165) is 22.3 Å². The molecule has 1 fully saturated rings. The Morgan fingerprint density at radius 3 is 1.63 bits per heavy atom. The molecular weight excluding hydrogens is 576 g/mol. The number of rotatable bonds is 9. The summed E-state index contributed by atoms with van der Waals surface area (Å²) in [5, 5.41) is 26.8. The van der Waals surface area contributed by atoms with E-state index >= 15 is 0 Å². The van der Waals surface area contributed by atoms with Gasteiger partial charge in [0.25, 0.3) is 5.91 Å². The summed E-state index contributed by atoms with van der Waals surface area (Å²) < 4.78 is 0. The average Bonchev–Trinajstić information content (AvgIpc) is 3.09. The fourth-order valence-electron chi connectivity index (χ4n) is 6.12. The molecular formula is C38H44N4O4. The van der Waals surface area contributed by atoms with Crippen molar-refractivity contribution >= 4 is 17.6 Å². The Balaban J connectivity index is 1.57. The lowest BCUT2D eigenvalue weighted by Gasteiger charge is -2.36. The number of nitrogen functional groups attached to an aromatic ring is 1. The topological polar surface area (TPSA) is 119 Å². The van der Waals surface area contributed by atoms with Crippen molar-refractivity contribution in [1.29, 1.82) is 0 Å². The van der Waals surface area contributed by atoms with E-state index in [2.05, 4.69) is 5.32 Å². The molecule has 0 bridgehead atoms. The third-order valence-electron chi connectivity index (χ3n) is 8.34. The number of hydrogen-bond acceptors (Lipinski definition) is 5. The number of urea groups is 1. The van der Waals surface area contributed by atoms with Crippen LogP contribution < -0.4 is 11.1 Å². The maximum Gasteiger partial charge on any atom is 0.321 e. The second-order valence-corrected chi connectivity index (χ2v) is 13.2. The highest BCUT2D eigenvalue weighted by Crippen LogP contribution is 2.30. The molecule has 0 aromatic heterocycles. The van der Waals surface area contributed by atoms with E-state index in [1.807, 2.05) is 106 Å². The maximum absolute atomic E-state index is 14.9. The molecule has 0 unspecified atom stereocenters. The van der Waals surface area contributed by atoms with Gasteiger partial charge in [0.1, 0.15) is 12.2 Å². The number of nitrogens with two attached hydrogens (primary N) is 1. The van der Waals surface area contributed by atoms with Gasteiger partial charge in [-0.05, 0) is 80.1 Å². The molecule has 1 aliphatic rings. The smallest absolute Gasteiger partial charge is 0.321 e. The van der Waals surface area contributed by atoms with E-state index < -0.39 is 29.8 Å².